The summed E-state index contributed by atoms with van der Waals surface area (Å²) < 4.78 is 40.3. The number of ether oxygens (including phenoxy) is 1. The SMILES string of the molecule is C=C1C[C@@H](C(=O)Nc2cccc(OC(F)(F)F)c2)N(C(=O)O)C1. The molecule has 1 aromatic rings. The van der Waals surface area contributed by atoms with Gasteiger partial charge in [-0.1, -0.05) is 18.2 Å². The van der Waals surface area contributed by atoms with Crippen molar-refractivity contribution >= 4 is 17.7 Å². The number of nitrogens with one attached hydrogen (secondary N) is 1. The van der Waals surface area contributed by atoms with Crippen LogP contribution >= 0.6 is 0 Å². The van der Waals surface area contributed by atoms with E-state index in [0.717, 1.165) is 17.0 Å². The Morgan fingerprint density at radius 1 is 1.39 bits per heavy atom. The summed E-state index contributed by atoms with van der Waals surface area (Å²) in [6.07, 6.45) is -5.94. The molecule has 1 aliphatic heterocycles. The first kappa shape index (κ1) is 16.7. The van der Waals surface area contributed by atoms with Crippen LogP contribution in [0.25, 0.3) is 0 Å². The van der Waals surface area contributed by atoms with Gasteiger partial charge in [-0.25, -0.2) is 4.79 Å². The van der Waals surface area contributed by atoms with Gasteiger partial charge in [0.05, 0.1) is 0 Å². The normalized spacial score (nSPS) is 18.0. The molecule has 0 unspecified atom stereocenters. The van der Waals surface area contributed by atoms with Crippen molar-refractivity contribution in [2.75, 3.05) is 11.9 Å². The first-order valence-corrected chi connectivity index (χ1v) is 6.48. The van der Waals surface area contributed by atoms with Crippen LogP contribution < -0.4 is 10.1 Å². The van der Waals surface area contributed by atoms with E-state index in [2.05, 4.69) is 16.6 Å². The van der Waals surface area contributed by atoms with Crippen molar-refractivity contribution < 1.29 is 32.6 Å². The lowest BCUT2D eigenvalue weighted by molar-refractivity contribution is -0.274. The van der Waals surface area contributed by atoms with Gasteiger partial charge in [0, 0.05) is 18.3 Å². The zero-order chi connectivity index (χ0) is 17.2. The number of carboxylic acid groups (broad SMARTS) is 1. The molecule has 2 rings (SSSR count). The lowest BCUT2D eigenvalue weighted by Crippen LogP contribution is -2.42. The second-order valence-corrected chi connectivity index (χ2v) is 4.95. The molecular formula is C14H13F3N2O4. The van der Waals surface area contributed by atoms with Crippen LogP contribution in [0.2, 0.25) is 0 Å². The van der Waals surface area contributed by atoms with Crippen molar-refractivity contribution in [2.24, 2.45) is 0 Å². The molecular weight excluding hydrogens is 317 g/mol. The number of carbonyl (C=O) groups is 2. The van der Waals surface area contributed by atoms with Crippen LogP contribution in [-0.2, 0) is 4.79 Å². The Kier molecular flexibility index (Phi) is 4.48. The van der Waals surface area contributed by atoms with Crippen molar-refractivity contribution in [1.82, 2.24) is 4.90 Å². The average molecular weight is 330 g/mol. The van der Waals surface area contributed by atoms with Crippen molar-refractivity contribution in [3.05, 3.63) is 36.4 Å². The maximum absolute atomic E-state index is 12.2. The zero-order valence-corrected chi connectivity index (χ0v) is 11.8. The molecule has 0 radical (unpaired) electrons. The molecule has 1 heterocycles. The fourth-order valence-electron chi connectivity index (χ4n) is 2.23. The molecule has 9 heteroatoms. The smallest absolute Gasteiger partial charge is 0.465 e. The van der Waals surface area contributed by atoms with Gasteiger partial charge >= 0.3 is 12.5 Å². The van der Waals surface area contributed by atoms with E-state index >= 15 is 0 Å². The molecule has 1 saturated heterocycles. The minimum Gasteiger partial charge on any atom is -0.465 e. The number of alkyl halides is 3. The van der Waals surface area contributed by atoms with Gasteiger partial charge in [0.15, 0.2) is 0 Å². The van der Waals surface area contributed by atoms with Crippen LogP contribution in [0.1, 0.15) is 6.42 Å². The fraction of sp³-hybridized carbons (Fsp3) is 0.286. The Labute approximate surface area is 129 Å². The Morgan fingerprint density at radius 3 is 2.70 bits per heavy atom. The second-order valence-electron chi connectivity index (χ2n) is 4.95. The third-order valence-electron chi connectivity index (χ3n) is 3.14. The number of anilines is 1. The standard InChI is InChI=1S/C14H13F3N2O4/c1-8-5-11(19(7-8)13(21)22)12(20)18-9-3-2-4-10(6-9)23-14(15,16)17/h2-4,6,11H,1,5,7H2,(H,18,20)(H,21,22)/t11-/m0/s1. The van der Waals surface area contributed by atoms with Crippen LogP contribution in [0.4, 0.5) is 23.7 Å². The van der Waals surface area contributed by atoms with Gasteiger partial charge in [0.2, 0.25) is 5.91 Å². The number of likely N-dealkylation sites (tertiary alicyclic amines) is 1. The molecule has 1 aromatic carbocycles. The van der Waals surface area contributed by atoms with Gasteiger partial charge < -0.3 is 15.2 Å². The third kappa shape index (κ3) is 4.38. The third-order valence-corrected chi connectivity index (χ3v) is 3.14. The molecule has 2 N–H and O–H groups in total. The number of hydrogen-bond donors (Lipinski definition) is 2. The molecule has 6 nitrogen and oxygen atoms in total. The monoisotopic (exact) mass is 330 g/mol. The maximum atomic E-state index is 12.2. The zero-order valence-electron chi connectivity index (χ0n) is 11.8. The van der Waals surface area contributed by atoms with E-state index in [9.17, 15) is 22.8 Å². The molecule has 1 fully saturated rings. The minimum atomic E-state index is -4.84. The van der Waals surface area contributed by atoms with E-state index < -0.39 is 30.2 Å². The van der Waals surface area contributed by atoms with Crippen molar-refractivity contribution in [3.63, 3.8) is 0 Å². The fourth-order valence-corrected chi connectivity index (χ4v) is 2.23. The Balaban J connectivity index is 2.09. The quantitative estimate of drug-likeness (QED) is 0.835. The molecule has 1 aliphatic rings. The van der Waals surface area contributed by atoms with Crippen molar-refractivity contribution in [3.8, 4) is 5.75 Å². The summed E-state index contributed by atoms with van der Waals surface area (Å²) in [5, 5.41) is 11.4. The maximum Gasteiger partial charge on any atom is 0.573 e. The number of rotatable bonds is 3. The van der Waals surface area contributed by atoms with Gasteiger partial charge in [-0.2, -0.15) is 0 Å². The number of amides is 2. The van der Waals surface area contributed by atoms with E-state index in [-0.39, 0.29) is 18.7 Å². The van der Waals surface area contributed by atoms with Crippen molar-refractivity contribution in [1.29, 1.82) is 0 Å². The van der Waals surface area contributed by atoms with Crippen LogP contribution in [0, 0.1) is 0 Å². The van der Waals surface area contributed by atoms with Crippen LogP contribution in [0.3, 0.4) is 0 Å². The van der Waals surface area contributed by atoms with Gasteiger partial charge in [-0.3, -0.25) is 9.69 Å². The van der Waals surface area contributed by atoms with Gasteiger partial charge in [-0.15, -0.1) is 13.2 Å². The van der Waals surface area contributed by atoms with Crippen LogP contribution in [0.15, 0.2) is 36.4 Å². The number of hydrogen-bond acceptors (Lipinski definition) is 3. The Bertz CT molecular complexity index is 645. The summed E-state index contributed by atoms with van der Waals surface area (Å²) in [5.41, 5.74) is 0.654. The number of carbonyl (C=O) groups excluding carboxylic acids is 1. The molecule has 23 heavy (non-hydrogen) atoms. The molecule has 0 saturated carbocycles. The first-order valence-electron chi connectivity index (χ1n) is 6.48. The first-order chi connectivity index (χ1) is 10.7. The summed E-state index contributed by atoms with van der Waals surface area (Å²) in [6, 6.07) is 3.77. The van der Waals surface area contributed by atoms with E-state index in [0.29, 0.717) is 5.57 Å². The summed E-state index contributed by atoms with van der Waals surface area (Å²) >= 11 is 0. The number of benzene rings is 1. The van der Waals surface area contributed by atoms with E-state index in [1.807, 2.05) is 0 Å². The van der Waals surface area contributed by atoms with Gasteiger partial charge in [0.1, 0.15) is 11.8 Å². The summed E-state index contributed by atoms with van der Waals surface area (Å²) in [4.78, 5) is 24.2. The highest BCUT2D eigenvalue weighted by Gasteiger charge is 2.36. The highest BCUT2D eigenvalue weighted by atomic mass is 19.4. The minimum absolute atomic E-state index is 0.0463. The molecule has 0 aliphatic carbocycles. The molecule has 1 atom stereocenters. The highest BCUT2D eigenvalue weighted by Crippen LogP contribution is 2.26. The van der Waals surface area contributed by atoms with E-state index in [1.54, 1.807) is 0 Å². The molecule has 2 amide bonds. The van der Waals surface area contributed by atoms with E-state index in [4.69, 9.17) is 5.11 Å². The van der Waals surface area contributed by atoms with Gasteiger partial charge in [-0.05, 0) is 18.6 Å². The predicted octanol–water partition coefficient (Wildman–Crippen LogP) is 2.83. The summed E-state index contributed by atoms with van der Waals surface area (Å²) in [5.74, 6) is -1.13. The lowest BCUT2D eigenvalue weighted by atomic mass is 10.1. The topological polar surface area (TPSA) is 78.9 Å². The average Bonchev–Trinajstić information content (AvgIpc) is 2.79. The van der Waals surface area contributed by atoms with Crippen molar-refractivity contribution in [2.45, 2.75) is 18.8 Å². The lowest BCUT2D eigenvalue weighted by Gasteiger charge is -2.20. The van der Waals surface area contributed by atoms with E-state index in [1.165, 1.54) is 12.1 Å². The number of nitrogens with zero attached hydrogens (tertiary/aromatic N) is 1. The second kappa shape index (κ2) is 6.19. The largest absolute Gasteiger partial charge is 0.573 e. The van der Waals surface area contributed by atoms with Crippen LogP contribution in [0.5, 0.6) is 5.75 Å². The molecule has 0 bridgehead atoms. The molecule has 0 aromatic heterocycles. The Hall–Kier alpha value is -2.71. The highest BCUT2D eigenvalue weighted by molar-refractivity contribution is 5.97. The molecule has 124 valence electrons. The summed E-state index contributed by atoms with van der Waals surface area (Å²) in [6.45, 7) is 3.70. The number of halogens is 3. The predicted molar refractivity (Wildman–Crippen MR) is 74.0 cm³/mol. The van der Waals surface area contributed by atoms with Gasteiger partial charge in [0.25, 0.3) is 0 Å². The Morgan fingerprint density at radius 2 is 2.09 bits per heavy atom. The summed E-state index contributed by atoms with van der Waals surface area (Å²) in [7, 11) is 0. The van der Waals surface area contributed by atoms with Crippen LogP contribution in [-0.4, -0.2) is 41.0 Å². The molecule has 0 spiro atoms.